The first-order valence-corrected chi connectivity index (χ1v) is 11.1. The molecule has 1 aliphatic carbocycles. The van der Waals surface area contributed by atoms with Crippen LogP contribution in [0.15, 0.2) is 29.6 Å². The Balaban J connectivity index is 1.33. The van der Waals surface area contributed by atoms with Gasteiger partial charge in [-0.05, 0) is 80.3 Å². The molecule has 2 aromatic heterocycles. The Bertz CT molecular complexity index is 997. The molecule has 2 N–H and O–H groups in total. The number of phenols is 1. The Morgan fingerprint density at radius 1 is 1.21 bits per heavy atom. The zero-order valence-electron chi connectivity index (χ0n) is 16.2. The number of hydrogen-bond donors (Lipinski definition) is 2. The summed E-state index contributed by atoms with van der Waals surface area (Å²) in [6, 6.07) is 8.42. The molecule has 1 saturated heterocycles. The van der Waals surface area contributed by atoms with Gasteiger partial charge in [0, 0.05) is 34.8 Å². The number of nitrogens with zero attached hydrogens (tertiary/aromatic N) is 3. The molecule has 6 heteroatoms. The average molecular weight is 395 g/mol. The monoisotopic (exact) mass is 394 g/mol. The molecule has 3 heterocycles. The largest absolute Gasteiger partial charge is 0.507 e. The first-order valence-electron chi connectivity index (χ1n) is 10.2. The maximum atomic E-state index is 10.7. The summed E-state index contributed by atoms with van der Waals surface area (Å²) in [4.78, 5) is 2.60. The van der Waals surface area contributed by atoms with Gasteiger partial charge < -0.3 is 15.3 Å². The third-order valence-electron chi connectivity index (χ3n) is 5.92. The van der Waals surface area contributed by atoms with Gasteiger partial charge in [0.25, 0.3) is 0 Å². The summed E-state index contributed by atoms with van der Waals surface area (Å²) >= 11 is 1.63. The lowest BCUT2D eigenvalue weighted by molar-refractivity contribution is 0.208. The Labute approximate surface area is 169 Å². The van der Waals surface area contributed by atoms with Crippen LogP contribution in [0.2, 0.25) is 0 Å². The Hall–Kier alpha value is -2.18. The maximum absolute atomic E-state index is 10.7. The van der Waals surface area contributed by atoms with Crippen molar-refractivity contribution < 1.29 is 5.11 Å². The number of anilines is 1. The molecule has 0 radical (unpaired) electrons. The van der Waals surface area contributed by atoms with Crippen molar-refractivity contribution in [2.75, 3.05) is 25.0 Å². The number of phenolic OH excluding ortho intramolecular Hbond substituents is 1. The highest BCUT2D eigenvalue weighted by atomic mass is 32.1. The molecule has 1 aliphatic heterocycles. The number of benzene rings is 1. The number of hydrogen-bond acceptors (Lipinski definition) is 6. The number of piperidine rings is 1. The van der Waals surface area contributed by atoms with Crippen LogP contribution in [0.4, 0.5) is 5.82 Å². The van der Waals surface area contributed by atoms with Gasteiger partial charge in [-0.2, -0.15) is 0 Å². The van der Waals surface area contributed by atoms with Crippen LogP contribution in [0.5, 0.6) is 5.75 Å². The number of aromatic hydroxyl groups is 1. The second-order valence-electron chi connectivity index (χ2n) is 8.24. The molecular weight excluding hydrogens is 368 g/mol. The van der Waals surface area contributed by atoms with Crippen molar-refractivity contribution in [3.8, 4) is 17.0 Å². The minimum absolute atomic E-state index is 0.292. The van der Waals surface area contributed by atoms with Crippen LogP contribution in [0.25, 0.3) is 21.3 Å². The van der Waals surface area contributed by atoms with E-state index < -0.39 is 0 Å². The fourth-order valence-electron chi connectivity index (χ4n) is 4.26. The predicted molar refractivity (Wildman–Crippen MR) is 115 cm³/mol. The molecule has 1 atom stereocenters. The quantitative estimate of drug-likeness (QED) is 0.659. The lowest BCUT2D eigenvalue weighted by Crippen LogP contribution is -2.43. The molecule has 1 aromatic carbocycles. The third kappa shape index (κ3) is 3.59. The molecule has 5 nitrogen and oxygen atoms in total. The van der Waals surface area contributed by atoms with Crippen LogP contribution in [-0.2, 0) is 0 Å². The van der Waals surface area contributed by atoms with E-state index in [1.807, 2.05) is 30.5 Å². The van der Waals surface area contributed by atoms with Gasteiger partial charge >= 0.3 is 0 Å². The van der Waals surface area contributed by atoms with E-state index in [4.69, 9.17) is 0 Å². The van der Waals surface area contributed by atoms with Gasteiger partial charge in [0.1, 0.15) is 11.6 Å². The van der Waals surface area contributed by atoms with E-state index in [0.717, 1.165) is 45.2 Å². The van der Waals surface area contributed by atoms with Gasteiger partial charge in [-0.25, -0.2) is 0 Å². The zero-order chi connectivity index (χ0) is 19.1. The van der Waals surface area contributed by atoms with E-state index in [9.17, 15) is 5.11 Å². The fourth-order valence-corrected chi connectivity index (χ4v) is 5.04. The predicted octanol–water partition coefficient (Wildman–Crippen LogP) is 4.66. The highest BCUT2D eigenvalue weighted by molar-refractivity contribution is 7.17. The molecule has 28 heavy (non-hydrogen) atoms. The van der Waals surface area contributed by atoms with Crippen molar-refractivity contribution in [3.63, 3.8) is 0 Å². The number of nitrogens with one attached hydrogen (secondary N) is 1. The highest BCUT2D eigenvalue weighted by Crippen LogP contribution is 2.38. The second-order valence-corrected chi connectivity index (χ2v) is 9.19. The zero-order valence-corrected chi connectivity index (χ0v) is 17.0. The second kappa shape index (κ2) is 7.33. The Kier molecular flexibility index (Phi) is 4.69. The molecule has 5 rings (SSSR count). The minimum atomic E-state index is 0.292. The summed E-state index contributed by atoms with van der Waals surface area (Å²) in [5, 5.41) is 26.0. The lowest BCUT2D eigenvalue weighted by atomic mass is 10.0. The molecule has 1 saturated carbocycles. The summed E-state index contributed by atoms with van der Waals surface area (Å²) in [5.41, 5.74) is 2.51. The molecular formula is C22H26N4OS. The molecule has 146 valence electrons. The van der Waals surface area contributed by atoms with E-state index in [-0.39, 0.29) is 0 Å². The van der Waals surface area contributed by atoms with Gasteiger partial charge in [-0.1, -0.05) is 0 Å². The summed E-state index contributed by atoms with van der Waals surface area (Å²) in [6.07, 6.45) is 5.23. The van der Waals surface area contributed by atoms with Gasteiger partial charge in [-0.3, -0.25) is 0 Å². The maximum Gasteiger partial charge on any atom is 0.149 e. The molecule has 0 spiro atoms. The first-order chi connectivity index (χ1) is 13.7. The fraction of sp³-hybridized carbons (Fsp3) is 0.455. The van der Waals surface area contributed by atoms with Crippen molar-refractivity contribution in [2.45, 2.75) is 38.6 Å². The number of fused-ring (bicyclic) bond motifs is 1. The van der Waals surface area contributed by atoms with Crippen LogP contribution in [0, 0.1) is 12.8 Å². The van der Waals surface area contributed by atoms with Crippen LogP contribution in [0.3, 0.4) is 0 Å². The van der Waals surface area contributed by atoms with Crippen molar-refractivity contribution in [1.29, 1.82) is 0 Å². The highest BCUT2D eigenvalue weighted by Gasteiger charge is 2.27. The molecule has 0 bridgehead atoms. The smallest absolute Gasteiger partial charge is 0.149 e. The molecule has 1 unspecified atom stereocenters. The third-order valence-corrected chi connectivity index (χ3v) is 6.80. The number of rotatable bonds is 5. The standard InChI is InChI=1S/C22H26N4OS/c1-14-11-20(23-16-3-2-9-26(13-16)12-15-4-5-15)24-25-21(14)18-6-7-19-17(22(18)27)8-10-28-19/h6-8,10-11,15-16,27H,2-5,9,12-13H2,1H3,(H,23,24). The summed E-state index contributed by atoms with van der Waals surface area (Å²) in [7, 11) is 0. The topological polar surface area (TPSA) is 61.3 Å². The van der Waals surface area contributed by atoms with E-state index >= 15 is 0 Å². The summed E-state index contributed by atoms with van der Waals surface area (Å²) in [6.45, 7) is 5.61. The van der Waals surface area contributed by atoms with Gasteiger partial charge in [0.2, 0.25) is 0 Å². The minimum Gasteiger partial charge on any atom is -0.507 e. The van der Waals surface area contributed by atoms with Crippen LogP contribution in [0.1, 0.15) is 31.2 Å². The normalized spacial score (nSPS) is 20.5. The van der Waals surface area contributed by atoms with Crippen LogP contribution < -0.4 is 5.32 Å². The van der Waals surface area contributed by atoms with Crippen molar-refractivity contribution in [3.05, 3.63) is 35.2 Å². The molecule has 2 fully saturated rings. The van der Waals surface area contributed by atoms with E-state index in [2.05, 4.69) is 26.5 Å². The summed E-state index contributed by atoms with van der Waals surface area (Å²) in [5.74, 6) is 2.06. The summed E-state index contributed by atoms with van der Waals surface area (Å²) < 4.78 is 1.08. The van der Waals surface area contributed by atoms with Gasteiger partial charge in [-0.15, -0.1) is 21.5 Å². The number of aryl methyl sites for hydroxylation is 1. The molecule has 3 aromatic rings. The van der Waals surface area contributed by atoms with Gasteiger partial charge in [0.15, 0.2) is 0 Å². The van der Waals surface area contributed by atoms with Gasteiger partial charge in [0.05, 0.1) is 5.69 Å². The average Bonchev–Trinajstić information content (AvgIpc) is 3.36. The van der Waals surface area contributed by atoms with Crippen LogP contribution in [-0.4, -0.2) is 45.9 Å². The molecule has 2 aliphatic rings. The molecule has 0 amide bonds. The van der Waals surface area contributed by atoms with Crippen LogP contribution >= 0.6 is 11.3 Å². The van der Waals surface area contributed by atoms with E-state index in [1.54, 1.807) is 11.3 Å². The van der Waals surface area contributed by atoms with E-state index in [0.29, 0.717) is 11.8 Å². The van der Waals surface area contributed by atoms with E-state index in [1.165, 1.54) is 38.8 Å². The Morgan fingerprint density at radius 2 is 2.11 bits per heavy atom. The number of aromatic nitrogens is 2. The van der Waals surface area contributed by atoms with Crippen molar-refractivity contribution in [2.24, 2.45) is 5.92 Å². The number of likely N-dealkylation sites (tertiary alicyclic amines) is 1. The van der Waals surface area contributed by atoms with Crippen molar-refractivity contribution in [1.82, 2.24) is 15.1 Å². The van der Waals surface area contributed by atoms with Crippen molar-refractivity contribution >= 4 is 27.2 Å². The Morgan fingerprint density at radius 3 is 2.93 bits per heavy atom. The number of thiophene rings is 1. The lowest BCUT2D eigenvalue weighted by Gasteiger charge is -2.33. The first kappa shape index (κ1) is 17.9. The SMILES string of the molecule is Cc1cc(NC2CCCN(CC3CC3)C2)nnc1-c1ccc2sccc2c1O.